The van der Waals surface area contributed by atoms with Gasteiger partial charge in [-0.15, -0.1) is 0 Å². The smallest absolute Gasteiger partial charge is 0.220 e. The molecule has 17 atom stereocenters. The van der Waals surface area contributed by atoms with Crippen LogP contribution in [0.4, 0.5) is 0 Å². The summed E-state index contributed by atoms with van der Waals surface area (Å²) in [6.45, 7) is 1.82. The first-order valence-electron chi connectivity index (χ1n) is 33.9. The van der Waals surface area contributed by atoms with Crippen LogP contribution in [0.2, 0.25) is 0 Å². The van der Waals surface area contributed by atoms with Crippen molar-refractivity contribution in [3.63, 3.8) is 0 Å². The van der Waals surface area contributed by atoms with Crippen molar-refractivity contribution in [1.29, 1.82) is 0 Å². The van der Waals surface area contributed by atoms with E-state index in [0.717, 1.165) is 51.4 Å². The van der Waals surface area contributed by atoms with Crippen molar-refractivity contribution in [2.75, 3.05) is 26.4 Å². The van der Waals surface area contributed by atoms with Gasteiger partial charge in [0.15, 0.2) is 18.9 Å². The molecular weight excluding hydrogens is 1080 g/mol. The number of rotatable bonds is 52. The van der Waals surface area contributed by atoms with Gasteiger partial charge in [0.05, 0.1) is 38.6 Å². The number of nitrogens with one attached hydrogen (secondary N) is 1. The highest BCUT2D eigenvalue weighted by atomic mass is 16.8. The number of hydrogen-bond donors (Lipinski definition) is 12. The summed E-state index contributed by atoms with van der Waals surface area (Å²) >= 11 is 0. The number of carbonyl (C=O) groups excluding carboxylic acids is 1. The standard InChI is InChI=1S/C65H123NO18/c1-3-5-7-9-11-13-15-17-19-21-23-25-26-28-30-32-34-36-38-40-42-49(70)48(66-53(71)43-41-39-37-35-33-31-29-27-24-22-20-18-16-14-12-10-8-6-4-2)47-79-63-59(77)56(74)61(51(45-68)81-63)84-65-60(78)57(75)62(52(46-69)82-65)83-64-58(76)55(73)54(72)50(44-67)80-64/h18,20,48-52,54-65,67-70,72-78H,3-17,19,21-47H2,1-2H3,(H,66,71)/b20-18-. The van der Waals surface area contributed by atoms with Crippen molar-refractivity contribution in [2.45, 2.75) is 369 Å². The summed E-state index contributed by atoms with van der Waals surface area (Å²) in [5.41, 5.74) is 0. The van der Waals surface area contributed by atoms with Crippen LogP contribution in [0.15, 0.2) is 12.2 Å². The maximum Gasteiger partial charge on any atom is 0.220 e. The summed E-state index contributed by atoms with van der Waals surface area (Å²) in [5, 5.41) is 121. The Morgan fingerprint density at radius 2 is 0.750 bits per heavy atom. The third-order valence-electron chi connectivity index (χ3n) is 17.3. The van der Waals surface area contributed by atoms with E-state index in [1.165, 1.54) is 180 Å². The first-order valence-corrected chi connectivity index (χ1v) is 33.9. The fourth-order valence-electron chi connectivity index (χ4n) is 11.8. The van der Waals surface area contributed by atoms with Gasteiger partial charge in [-0.1, -0.05) is 231 Å². The minimum atomic E-state index is -1.97. The predicted molar refractivity (Wildman–Crippen MR) is 323 cm³/mol. The van der Waals surface area contributed by atoms with Gasteiger partial charge in [0.2, 0.25) is 5.91 Å². The normalized spacial score (nSPS) is 29.2. The molecular formula is C65H123NO18. The molecule has 0 spiro atoms. The zero-order valence-electron chi connectivity index (χ0n) is 52.2. The van der Waals surface area contributed by atoms with Gasteiger partial charge in [-0.05, 0) is 38.5 Å². The Bertz CT molecular complexity index is 1580. The Kier molecular flexibility index (Phi) is 44.2. The first-order chi connectivity index (χ1) is 40.8. The molecule has 3 saturated heterocycles. The van der Waals surface area contributed by atoms with E-state index < -0.39 is 124 Å². The van der Waals surface area contributed by atoms with E-state index >= 15 is 0 Å². The third-order valence-corrected chi connectivity index (χ3v) is 17.3. The number of amides is 1. The Balaban J connectivity index is 1.45. The topological polar surface area (TPSA) is 307 Å². The summed E-state index contributed by atoms with van der Waals surface area (Å²) < 4.78 is 34.4. The summed E-state index contributed by atoms with van der Waals surface area (Å²) in [5.74, 6) is -0.241. The third kappa shape index (κ3) is 30.8. The Morgan fingerprint density at radius 1 is 0.417 bits per heavy atom. The van der Waals surface area contributed by atoms with Crippen LogP contribution in [-0.4, -0.2) is 193 Å². The van der Waals surface area contributed by atoms with Crippen molar-refractivity contribution < 1.29 is 89.4 Å². The predicted octanol–water partition coefficient (Wildman–Crippen LogP) is 8.11. The van der Waals surface area contributed by atoms with Gasteiger partial charge in [0.1, 0.15) is 73.2 Å². The van der Waals surface area contributed by atoms with E-state index in [4.69, 9.17) is 28.4 Å². The molecule has 3 rings (SSSR count). The summed E-state index contributed by atoms with van der Waals surface area (Å²) in [6.07, 6.45) is 24.2. The highest BCUT2D eigenvalue weighted by molar-refractivity contribution is 5.76. The summed E-state index contributed by atoms with van der Waals surface area (Å²) in [4.78, 5) is 13.4. The average Bonchev–Trinajstić information content (AvgIpc) is 2.79. The molecule has 496 valence electrons. The Morgan fingerprint density at radius 3 is 1.15 bits per heavy atom. The minimum absolute atomic E-state index is 0.241. The molecule has 0 aromatic carbocycles. The van der Waals surface area contributed by atoms with Gasteiger partial charge >= 0.3 is 0 Å². The van der Waals surface area contributed by atoms with Gasteiger partial charge < -0.3 is 89.9 Å². The molecule has 0 aromatic rings. The summed E-state index contributed by atoms with van der Waals surface area (Å²) in [7, 11) is 0. The minimum Gasteiger partial charge on any atom is -0.394 e. The number of unbranched alkanes of at least 4 members (excludes halogenated alkanes) is 34. The SMILES string of the molecule is CCCCCCCC/C=C\CCCCCCCCCCCC(=O)NC(COC1OC(CO)C(OC2OC(CO)C(OC3OC(CO)C(O)C(O)C3O)C(O)C2O)C(O)C1O)C(O)CCCCCCCCCCCCCCCCCCCCCC. The van der Waals surface area contributed by atoms with E-state index in [-0.39, 0.29) is 18.9 Å². The van der Waals surface area contributed by atoms with E-state index in [0.29, 0.717) is 12.8 Å². The fourth-order valence-corrected chi connectivity index (χ4v) is 11.8. The number of aliphatic hydroxyl groups excluding tert-OH is 11. The van der Waals surface area contributed by atoms with Crippen molar-refractivity contribution in [2.24, 2.45) is 0 Å². The number of allylic oxidation sites excluding steroid dienone is 2. The van der Waals surface area contributed by atoms with E-state index in [2.05, 4.69) is 31.3 Å². The number of carbonyl (C=O) groups is 1. The zero-order valence-corrected chi connectivity index (χ0v) is 52.2. The van der Waals surface area contributed by atoms with Gasteiger partial charge in [-0.25, -0.2) is 0 Å². The van der Waals surface area contributed by atoms with Crippen molar-refractivity contribution in [3.8, 4) is 0 Å². The quantitative estimate of drug-likeness (QED) is 0.0202. The molecule has 0 bridgehead atoms. The van der Waals surface area contributed by atoms with Crippen LogP contribution in [0.1, 0.15) is 264 Å². The number of aliphatic hydroxyl groups is 11. The van der Waals surface area contributed by atoms with E-state index in [1.54, 1.807) is 0 Å². The molecule has 19 heteroatoms. The molecule has 0 saturated carbocycles. The van der Waals surface area contributed by atoms with Crippen molar-refractivity contribution in [1.82, 2.24) is 5.32 Å². The van der Waals surface area contributed by atoms with E-state index in [1.807, 2.05) is 0 Å². The molecule has 3 fully saturated rings. The second-order valence-corrected chi connectivity index (χ2v) is 24.6. The molecule has 0 aliphatic carbocycles. The molecule has 0 aromatic heterocycles. The first kappa shape index (κ1) is 76.8. The van der Waals surface area contributed by atoms with E-state index in [9.17, 15) is 61.0 Å². The highest BCUT2D eigenvalue weighted by Gasteiger charge is 2.53. The van der Waals surface area contributed by atoms with Gasteiger partial charge in [-0.3, -0.25) is 4.79 Å². The van der Waals surface area contributed by atoms with Gasteiger partial charge in [0, 0.05) is 6.42 Å². The molecule has 84 heavy (non-hydrogen) atoms. The fraction of sp³-hybridized carbons (Fsp3) is 0.954. The van der Waals surface area contributed by atoms with Crippen LogP contribution in [0, 0.1) is 0 Å². The molecule has 3 heterocycles. The maximum atomic E-state index is 13.4. The molecule has 3 aliphatic rings. The lowest BCUT2D eigenvalue weighted by atomic mass is 9.96. The number of hydrogen-bond acceptors (Lipinski definition) is 18. The maximum absolute atomic E-state index is 13.4. The Labute approximate surface area is 506 Å². The summed E-state index contributed by atoms with van der Waals surface area (Å²) in [6, 6.07) is -0.885. The van der Waals surface area contributed by atoms with Crippen LogP contribution < -0.4 is 5.32 Å². The molecule has 12 N–H and O–H groups in total. The van der Waals surface area contributed by atoms with Gasteiger partial charge in [0.25, 0.3) is 0 Å². The van der Waals surface area contributed by atoms with Crippen LogP contribution in [0.25, 0.3) is 0 Å². The zero-order chi connectivity index (χ0) is 61.2. The lowest BCUT2D eigenvalue weighted by Gasteiger charge is -2.48. The molecule has 17 unspecified atom stereocenters. The molecule has 19 nitrogen and oxygen atoms in total. The van der Waals surface area contributed by atoms with Crippen molar-refractivity contribution in [3.05, 3.63) is 12.2 Å². The lowest BCUT2D eigenvalue weighted by Crippen LogP contribution is -2.66. The lowest BCUT2D eigenvalue weighted by molar-refractivity contribution is -0.379. The number of ether oxygens (including phenoxy) is 6. The molecule has 3 aliphatic heterocycles. The Hall–Kier alpha value is -1.47. The second kappa shape index (κ2) is 48.4. The molecule has 0 radical (unpaired) electrons. The van der Waals surface area contributed by atoms with Crippen LogP contribution in [0.5, 0.6) is 0 Å². The van der Waals surface area contributed by atoms with Crippen LogP contribution in [-0.2, 0) is 33.2 Å². The van der Waals surface area contributed by atoms with Crippen LogP contribution >= 0.6 is 0 Å². The highest BCUT2D eigenvalue weighted by Crippen LogP contribution is 2.33. The molecule has 1 amide bonds. The average molecular weight is 1210 g/mol. The van der Waals surface area contributed by atoms with Crippen LogP contribution in [0.3, 0.4) is 0 Å². The van der Waals surface area contributed by atoms with Crippen molar-refractivity contribution >= 4 is 5.91 Å². The monoisotopic (exact) mass is 1210 g/mol. The second-order valence-electron chi connectivity index (χ2n) is 24.6. The largest absolute Gasteiger partial charge is 0.394 e. The van der Waals surface area contributed by atoms with Gasteiger partial charge in [-0.2, -0.15) is 0 Å².